The van der Waals surface area contributed by atoms with Gasteiger partial charge in [0.25, 0.3) is 0 Å². The van der Waals surface area contributed by atoms with Crippen molar-refractivity contribution in [2.24, 2.45) is 0 Å². The molecule has 1 atom stereocenters. The summed E-state index contributed by atoms with van der Waals surface area (Å²) in [6.07, 6.45) is 1.89. The van der Waals surface area contributed by atoms with E-state index < -0.39 is 5.97 Å². The number of rotatable bonds is 7. The number of H-pyrrole nitrogens is 1. The molecule has 3 aromatic rings. The fourth-order valence-electron chi connectivity index (χ4n) is 3.06. The fourth-order valence-corrected chi connectivity index (χ4v) is 3.06. The van der Waals surface area contributed by atoms with Crippen LogP contribution in [0.15, 0.2) is 48.7 Å². The first-order valence-electron chi connectivity index (χ1n) is 8.74. The Kier molecular flexibility index (Phi) is 5.57. The molecule has 1 unspecified atom stereocenters. The van der Waals surface area contributed by atoms with E-state index in [2.05, 4.69) is 15.3 Å². The van der Waals surface area contributed by atoms with Crippen LogP contribution in [-0.2, 0) is 6.54 Å². The smallest absolute Gasteiger partial charge is 0.339 e. The molecule has 140 valence electrons. The molecule has 27 heavy (non-hydrogen) atoms. The molecule has 0 fully saturated rings. The molecular weight excluding hydrogens is 342 g/mol. The third-order valence-electron chi connectivity index (χ3n) is 4.46. The van der Waals surface area contributed by atoms with Gasteiger partial charge in [0.15, 0.2) is 0 Å². The van der Waals surface area contributed by atoms with Gasteiger partial charge in [0.05, 0.1) is 18.8 Å². The summed E-state index contributed by atoms with van der Waals surface area (Å²) in [7, 11) is 1.48. The van der Waals surface area contributed by atoms with Gasteiger partial charge in [-0.25, -0.2) is 9.78 Å². The van der Waals surface area contributed by atoms with Crippen LogP contribution >= 0.6 is 0 Å². The standard InChI is InChI=1S/C21H23N3O3/c1-13-9-15(10-17(21(25)26)19(13)27-3)11-22-14(2)20-23-12-18(24-20)16-7-5-4-6-8-16/h4-10,12,14,22H,11H2,1-3H3,(H,23,24)(H,25,26). The Morgan fingerprint density at radius 3 is 2.70 bits per heavy atom. The largest absolute Gasteiger partial charge is 0.496 e. The molecule has 0 saturated carbocycles. The molecule has 0 bridgehead atoms. The molecule has 0 aliphatic rings. The Hall–Kier alpha value is -3.12. The zero-order chi connectivity index (χ0) is 19.4. The Morgan fingerprint density at radius 2 is 2.04 bits per heavy atom. The van der Waals surface area contributed by atoms with Crippen LogP contribution < -0.4 is 10.1 Å². The summed E-state index contributed by atoms with van der Waals surface area (Å²) >= 11 is 0. The number of aromatic carboxylic acids is 1. The van der Waals surface area contributed by atoms with E-state index in [9.17, 15) is 9.90 Å². The van der Waals surface area contributed by atoms with Gasteiger partial charge in [-0.05, 0) is 31.0 Å². The van der Waals surface area contributed by atoms with Crippen LogP contribution in [0.25, 0.3) is 11.3 Å². The first-order chi connectivity index (χ1) is 13.0. The number of imidazole rings is 1. The zero-order valence-electron chi connectivity index (χ0n) is 15.6. The number of carboxylic acid groups (broad SMARTS) is 1. The Balaban J connectivity index is 1.72. The highest BCUT2D eigenvalue weighted by atomic mass is 16.5. The number of methoxy groups -OCH3 is 1. The fraction of sp³-hybridized carbons (Fsp3) is 0.238. The maximum absolute atomic E-state index is 11.5. The minimum absolute atomic E-state index is 0.0156. The highest BCUT2D eigenvalue weighted by Crippen LogP contribution is 2.26. The number of ether oxygens (including phenoxy) is 1. The summed E-state index contributed by atoms with van der Waals surface area (Å²) in [5, 5.41) is 12.8. The van der Waals surface area contributed by atoms with Crippen molar-refractivity contribution in [2.75, 3.05) is 7.11 Å². The number of hydrogen-bond donors (Lipinski definition) is 3. The molecule has 0 aliphatic heterocycles. The molecule has 0 spiro atoms. The van der Waals surface area contributed by atoms with Crippen LogP contribution in [0.4, 0.5) is 0 Å². The summed E-state index contributed by atoms with van der Waals surface area (Å²) in [6, 6.07) is 13.5. The normalized spacial score (nSPS) is 12.0. The first kappa shape index (κ1) is 18.7. The van der Waals surface area contributed by atoms with Crippen LogP contribution in [0.5, 0.6) is 5.75 Å². The minimum atomic E-state index is -0.997. The second kappa shape index (κ2) is 8.05. The van der Waals surface area contributed by atoms with Crippen LogP contribution in [0.3, 0.4) is 0 Å². The highest BCUT2D eigenvalue weighted by Gasteiger charge is 2.16. The molecule has 0 amide bonds. The Labute approximate surface area is 158 Å². The number of carboxylic acids is 1. The Morgan fingerprint density at radius 1 is 1.30 bits per heavy atom. The number of aryl methyl sites for hydroxylation is 1. The number of aromatic nitrogens is 2. The molecule has 1 aromatic heterocycles. The molecule has 6 nitrogen and oxygen atoms in total. The average Bonchev–Trinajstić information content (AvgIpc) is 3.16. The lowest BCUT2D eigenvalue weighted by atomic mass is 10.0. The van der Waals surface area contributed by atoms with Crippen LogP contribution in [-0.4, -0.2) is 28.2 Å². The van der Waals surface area contributed by atoms with Crippen molar-refractivity contribution in [3.05, 3.63) is 71.2 Å². The Bertz CT molecular complexity index is 935. The lowest BCUT2D eigenvalue weighted by molar-refractivity contribution is 0.0693. The van der Waals surface area contributed by atoms with Crippen LogP contribution in [0.1, 0.15) is 40.3 Å². The molecule has 1 heterocycles. The highest BCUT2D eigenvalue weighted by molar-refractivity contribution is 5.91. The van der Waals surface area contributed by atoms with Crippen LogP contribution in [0, 0.1) is 6.92 Å². The van der Waals surface area contributed by atoms with E-state index in [-0.39, 0.29) is 11.6 Å². The zero-order valence-corrected chi connectivity index (χ0v) is 15.6. The van der Waals surface area contributed by atoms with E-state index in [1.54, 1.807) is 6.07 Å². The maximum atomic E-state index is 11.5. The van der Waals surface area contributed by atoms with Gasteiger partial charge in [-0.2, -0.15) is 0 Å². The maximum Gasteiger partial charge on any atom is 0.339 e. The minimum Gasteiger partial charge on any atom is -0.496 e. The molecule has 0 radical (unpaired) electrons. The van der Waals surface area contributed by atoms with Gasteiger partial charge in [-0.15, -0.1) is 0 Å². The number of benzene rings is 2. The molecule has 0 aliphatic carbocycles. The van der Waals surface area contributed by atoms with E-state index in [1.165, 1.54) is 7.11 Å². The van der Waals surface area contributed by atoms with Gasteiger partial charge < -0.3 is 20.1 Å². The van der Waals surface area contributed by atoms with Gasteiger partial charge >= 0.3 is 5.97 Å². The van der Waals surface area contributed by atoms with E-state index in [1.807, 2.05) is 56.4 Å². The van der Waals surface area contributed by atoms with Crippen molar-refractivity contribution in [2.45, 2.75) is 26.4 Å². The number of nitrogens with one attached hydrogen (secondary N) is 2. The molecule has 6 heteroatoms. The number of hydrogen-bond acceptors (Lipinski definition) is 4. The molecular formula is C21H23N3O3. The predicted molar refractivity (Wildman–Crippen MR) is 104 cm³/mol. The molecule has 3 rings (SSSR count). The van der Waals surface area contributed by atoms with Crippen molar-refractivity contribution in [1.29, 1.82) is 0 Å². The summed E-state index contributed by atoms with van der Waals surface area (Å²) in [5.74, 6) is 0.235. The van der Waals surface area contributed by atoms with Gasteiger partial charge in [-0.1, -0.05) is 36.4 Å². The van der Waals surface area contributed by atoms with Gasteiger partial charge in [0, 0.05) is 18.3 Å². The first-order valence-corrected chi connectivity index (χ1v) is 8.74. The number of nitrogens with zero attached hydrogens (tertiary/aromatic N) is 1. The topological polar surface area (TPSA) is 87.2 Å². The third kappa shape index (κ3) is 4.17. The second-order valence-electron chi connectivity index (χ2n) is 6.44. The lowest BCUT2D eigenvalue weighted by Gasteiger charge is -2.14. The lowest BCUT2D eigenvalue weighted by Crippen LogP contribution is -2.19. The monoisotopic (exact) mass is 365 g/mol. The van der Waals surface area contributed by atoms with Gasteiger partial charge in [0.2, 0.25) is 0 Å². The molecule has 3 N–H and O–H groups in total. The average molecular weight is 365 g/mol. The van der Waals surface area contributed by atoms with E-state index in [4.69, 9.17) is 4.74 Å². The van der Waals surface area contributed by atoms with Crippen molar-refractivity contribution < 1.29 is 14.6 Å². The van der Waals surface area contributed by atoms with Crippen LogP contribution in [0.2, 0.25) is 0 Å². The summed E-state index contributed by atoms with van der Waals surface area (Å²) < 4.78 is 5.22. The van der Waals surface area contributed by atoms with Crippen molar-refractivity contribution in [3.63, 3.8) is 0 Å². The van der Waals surface area contributed by atoms with Crippen molar-refractivity contribution in [3.8, 4) is 17.0 Å². The van der Waals surface area contributed by atoms with Crippen molar-refractivity contribution >= 4 is 5.97 Å². The summed E-state index contributed by atoms with van der Waals surface area (Å²) in [6.45, 7) is 4.38. The van der Waals surface area contributed by atoms with Gasteiger partial charge in [-0.3, -0.25) is 0 Å². The quantitative estimate of drug-likeness (QED) is 0.590. The van der Waals surface area contributed by atoms with Crippen molar-refractivity contribution in [1.82, 2.24) is 15.3 Å². The summed E-state index contributed by atoms with van der Waals surface area (Å²) in [5.41, 5.74) is 3.81. The number of carbonyl (C=O) groups is 1. The van der Waals surface area contributed by atoms with E-state index >= 15 is 0 Å². The van der Waals surface area contributed by atoms with Gasteiger partial charge in [0.1, 0.15) is 17.1 Å². The third-order valence-corrected chi connectivity index (χ3v) is 4.46. The van der Waals surface area contributed by atoms with E-state index in [0.29, 0.717) is 12.3 Å². The SMILES string of the molecule is COc1c(C)cc(CNC(C)c2nc(-c3ccccc3)c[nH]2)cc1C(=O)O. The van der Waals surface area contributed by atoms with E-state index in [0.717, 1.165) is 28.2 Å². The molecule has 0 saturated heterocycles. The molecule has 2 aromatic carbocycles. The summed E-state index contributed by atoms with van der Waals surface area (Å²) in [4.78, 5) is 19.3. The second-order valence-corrected chi connectivity index (χ2v) is 6.44. The number of aromatic amines is 1. The predicted octanol–water partition coefficient (Wildman–Crippen LogP) is 3.94.